The van der Waals surface area contributed by atoms with Crippen LogP contribution in [-0.2, 0) is 30.4 Å². The number of nitrogens with one attached hydrogen (secondary N) is 4. The summed E-state index contributed by atoms with van der Waals surface area (Å²) in [6, 6.07) is 6.43. The van der Waals surface area contributed by atoms with Crippen molar-refractivity contribution in [3.8, 4) is 0 Å². The minimum atomic E-state index is -1.05. The van der Waals surface area contributed by atoms with Crippen molar-refractivity contribution in [3.63, 3.8) is 0 Å². The lowest BCUT2D eigenvalue weighted by Crippen LogP contribution is -2.57. The number of carboxylic acids is 1. The Labute approximate surface area is 216 Å². The maximum atomic E-state index is 13.3. The Kier molecular flexibility index (Phi) is 14.2. The van der Waals surface area contributed by atoms with Crippen molar-refractivity contribution in [3.05, 3.63) is 35.9 Å². The number of thioether (sulfide) groups is 1. The molecule has 0 aliphatic heterocycles. The zero-order chi connectivity index (χ0) is 27.1. The van der Waals surface area contributed by atoms with Gasteiger partial charge < -0.3 is 26.4 Å². The Morgan fingerprint density at radius 1 is 0.889 bits per heavy atom. The fraction of sp³-hybridized carbons (Fsp3) is 0.560. The maximum absolute atomic E-state index is 13.3. The number of hydrogen-bond donors (Lipinski definition) is 5. The Hall–Kier alpha value is -3.08. The second-order valence-electron chi connectivity index (χ2n) is 8.91. The van der Waals surface area contributed by atoms with Crippen LogP contribution in [0.15, 0.2) is 30.3 Å². The Bertz CT molecular complexity index is 881. The fourth-order valence-electron chi connectivity index (χ4n) is 3.47. The van der Waals surface area contributed by atoms with Gasteiger partial charge in [0.2, 0.25) is 23.6 Å². The van der Waals surface area contributed by atoms with E-state index in [4.69, 9.17) is 5.11 Å². The summed E-state index contributed by atoms with van der Waals surface area (Å²) in [5, 5.41) is 19.5. The zero-order valence-corrected chi connectivity index (χ0v) is 22.2. The SMILES string of the molecule is CSCCC(NC(C)=O)C(=O)NC(CC(C)C)C(=O)NC(Cc1ccccc1)C(=O)NCCC(=O)O. The van der Waals surface area contributed by atoms with E-state index in [0.29, 0.717) is 18.6 Å². The van der Waals surface area contributed by atoms with Crippen molar-refractivity contribution >= 4 is 41.4 Å². The third-order valence-corrected chi connectivity index (χ3v) is 5.84. The molecule has 1 aromatic carbocycles. The first-order valence-corrected chi connectivity index (χ1v) is 13.3. The summed E-state index contributed by atoms with van der Waals surface area (Å²) in [6.07, 6.45) is 2.57. The number of hydrogen-bond acceptors (Lipinski definition) is 6. The van der Waals surface area contributed by atoms with Crippen LogP contribution >= 0.6 is 11.8 Å². The lowest BCUT2D eigenvalue weighted by atomic mass is 10.0. The number of aliphatic carboxylic acids is 1. The molecule has 10 nitrogen and oxygen atoms in total. The van der Waals surface area contributed by atoms with Crippen LogP contribution in [-0.4, -0.2) is 71.4 Å². The highest BCUT2D eigenvalue weighted by atomic mass is 32.2. The van der Waals surface area contributed by atoms with E-state index < -0.39 is 41.8 Å². The number of carboxylic acid groups (broad SMARTS) is 1. The molecule has 0 saturated carbocycles. The third kappa shape index (κ3) is 12.6. The molecule has 1 aromatic rings. The lowest BCUT2D eigenvalue weighted by molar-refractivity contribution is -0.137. The summed E-state index contributed by atoms with van der Waals surface area (Å²) in [4.78, 5) is 61.4. The summed E-state index contributed by atoms with van der Waals surface area (Å²) in [5.74, 6) is -2.20. The predicted octanol–water partition coefficient (Wildman–Crippen LogP) is 1.09. The van der Waals surface area contributed by atoms with Crippen molar-refractivity contribution in [2.45, 2.75) is 64.6 Å². The van der Waals surface area contributed by atoms with E-state index in [9.17, 15) is 24.0 Å². The molecule has 0 spiro atoms. The zero-order valence-electron chi connectivity index (χ0n) is 21.3. The van der Waals surface area contributed by atoms with Crippen LogP contribution in [0.1, 0.15) is 45.6 Å². The van der Waals surface area contributed by atoms with Gasteiger partial charge in [-0.2, -0.15) is 11.8 Å². The first-order chi connectivity index (χ1) is 17.0. The summed E-state index contributed by atoms with van der Waals surface area (Å²) in [5.41, 5.74) is 0.809. The van der Waals surface area contributed by atoms with Crippen LogP contribution in [0.3, 0.4) is 0 Å². The number of benzene rings is 1. The third-order valence-electron chi connectivity index (χ3n) is 5.20. The largest absolute Gasteiger partial charge is 0.481 e. The molecule has 0 radical (unpaired) electrons. The second-order valence-corrected chi connectivity index (χ2v) is 9.90. The van der Waals surface area contributed by atoms with E-state index in [1.54, 1.807) is 0 Å². The van der Waals surface area contributed by atoms with E-state index in [0.717, 1.165) is 5.56 Å². The number of rotatable bonds is 16. The fourth-order valence-corrected chi connectivity index (χ4v) is 3.94. The van der Waals surface area contributed by atoms with Gasteiger partial charge in [0.1, 0.15) is 18.1 Å². The second kappa shape index (κ2) is 16.6. The average molecular weight is 523 g/mol. The monoisotopic (exact) mass is 522 g/mol. The first-order valence-electron chi connectivity index (χ1n) is 11.9. The van der Waals surface area contributed by atoms with E-state index >= 15 is 0 Å². The van der Waals surface area contributed by atoms with Crippen LogP contribution < -0.4 is 21.3 Å². The molecule has 5 N–H and O–H groups in total. The average Bonchev–Trinajstić information content (AvgIpc) is 2.80. The van der Waals surface area contributed by atoms with Crippen molar-refractivity contribution in [1.29, 1.82) is 0 Å². The molecule has 0 aromatic heterocycles. The van der Waals surface area contributed by atoms with Gasteiger partial charge in [-0.3, -0.25) is 24.0 Å². The molecule has 4 amide bonds. The van der Waals surface area contributed by atoms with Crippen LogP contribution in [0.25, 0.3) is 0 Å². The topological polar surface area (TPSA) is 154 Å². The van der Waals surface area contributed by atoms with Gasteiger partial charge in [0, 0.05) is 19.9 Å². The van der Waals surface area contributed by atoms with Crippen molar-refractivity contribution < 1.29 is 29.1 Å². The van der Waals surface area contributed by atoms with Crippen LogP contribution in [0.2, 0.25) is 0 Å². The van der Waals surface area contributed by atoms with Crippen LogP contribution in [0, 0.1) is 5.92 Å². The summed E-state index contributed by atoms with van der Waals surface area (Å²) in [6.45, 7) is 5.07. The highest BCUT2D eigenvalue weighted by Gasteiger charge is 2.30. The molecule has 0 aliphatic rings. The molecule has 0 fully saturated rings. The summed E-state index contributed by atoms with van der Waals surface area (Å²) < 4.78 is 0. The number of amides is 4. The molecule has 0 bridgehead atoms. The van der Waals surface area contributed by atoms with Gasteiger partial charge in [0.15, 0.2) is 0 Å². The quantitative estimate of drug-likeness (QED) is 0.218. The van der Waals surface area contributed by atoms with Gasteiger partial charge in [-0.25, -0.2) is 0 Å². The normalized spacial score (nSPS) is 13.2. The molecule has 11 heteroatoms. The minimum absolute atomic E-state index is 0.0587. The molecular weight excluding hydrogens is 484 g/mol. The molecule has 36 heavy (non-hydrogen) atoms. The van der Waals surface area contributed by atoms with Crippen molar-refractivity contribution in [2.24, 2.45) is 5.92 Å². The molecule has 0 aliphatic carbocycles. The van der Waals surface area contributed by atoms with Gasteiger partial charge in [-0.15, -0.1) is 0 Å². The van der Waals surface area contributed by atoms with Gasteiger partial charge in [-0.05, 0) is 36.3 Å². The van der Waals surface area contributed by atoms with E-state index in [2.05, 4.69) is 21.3 Å². The Morgan fingerprint density at radius 3 is 2.06 bits per heavy atom. The number of carbonyl (C=O) groups is 5. The van der Waals surface area contributed by atoms with Crippen molar-refractivity contribution in [2.75, 3.05) is 18.6 Å². The molecular formula is C25H38N4O6S. The Balaban J connectivity index is 3.03. The lowest BCUT2D eigenvalue weighted by Gasteiger charge is -2.26. The van der Waals surface area contributed by atoms with Gasteiger partial charge >= 0.3 is 5.97 Å². The molecule has 0 heterocycles. The highest BCUT2D eigenvalue weighted by Crippen LogP contribution is 2.09. The maximum Gasteiger partial charge on any atom is 0.305 e. The van der Waals surface area contributed by atoms with Gasteiger partial charge in [0.05, 0.1) is 6.42 Å². The van der Waals surface area contributed by atoms with E-state index in [-0.39, 0.29) is 31.2 Å². The molecule has 3 unspecified atom stereocenters. The smallest absolute Gasteiger partial charge is 0.305 e. The van der Waals surface area contributed by atoms with Crippen LogP contribution in [0.4, 0.5) is 0 Å². The summed E-state index contributed by atoms with van der Waals surface area (Å²) in [7, 11) is 0. The standard InChI is InChI=1S/C25H38N4O6S/c1-16(2)14-20(28-24(34)19(11-13-36-4)27-17(3)30)25(35)29-21(15-18-8-6-5-7-9-18)23(33)26-12-10-22(31)32/h5-9,16,19-21H,10-15H2,1-4H3,(H,26,33)(H,27,30)(H,28,34)(H,29,35)(H,31,32). The van der Waals surface area contributed by atoms with Crippen molar-refractivity contribution in [1.82, 2.24) is 21.3 Å². The molecule has 0 saturated heterocycles. The first kappa shape index (κ1) is 31.0. The Morgan fingerprint density at radius 2 is 1.50 bits per heavy atom. The van der Waals surface area contributed by atoms with E-state index in [1.807, 2.05) is 50.4 Å². The molecule has 1 rings (SSSR count). The minimum Gasteiger partial charge on any atom is -0.481 e. The van der Waals surface area contributed by atoms with Crippen LogP contribution in [0.5, 0.6) is 0 Å². The highest BCUT2D eigenvalue weighted by molar-refractivity contribution is 7.98. The molecule has 3 atom stereocenters. The van der Waals surface area contributed by atoms with Gasteiger partial charge in [-0.1, -0.05) is 44.2 Å². The molecule has 200 valence electrons. The van der Waals surface area contributed by atoms with E-state index in [1.165, 1.54) is 18.7 Å². The predicted molar refractivity (Wildman–Crippen MR) is 139 cm³/mol. The van der Waals surface area contributed by atoms with Gasteiger partial charge in [0.25, 0.3) is 0 Å². The number of carbonyl (C=O) groups excluding carboxylic acids is 4. The summed E-state index contributed by atoms with van der Waals surface area (Å²) >= 11 is 1.54.